The Bertz CT molecular complexity index is 797. The first kappa shape index (κ1) is 17.1. The van der Waals surface area contributed by atoms with E-state index in [1.165, 1.54) is 11.8 Å². The van der Waals surface area contributed by atoms with Crippen molar-refractivity contribution < 1.29 is 14.3 Å². The Morgan fingerprint density at radius 2 is 2.00 bits per heavy atom. The average Bonchev–Trinajstić information content (AvgIpc) is 2.55. The summed E-state index contributed by atoms with van der Waals surface area (Å²) >= 11 is 13.2. The van der Waals surface area contributed by atoms with Gasteiger partial charge in [-0.3, -0.25) is 9.59 Å². The summed E-state index contributed by atoms with van der Waals surface area (Å²) in [4.78, 5) is 25.1. The van der Waals surface area contributed by atoms with Crippen LogP contribution < -0.4 is 5.32 Å². The third kappa shape index (κ3) is 4.04. The highest BCUT2D eigenvalue weighted by Crippen LogP contribution is 2.36. The highest BCUT2D eigenvalue weighted by molar-refractivity contribution is 8.01. The number of benzene rings is 2. The van der Waals surface area contributed by atoms with Crippen LogP contribution in [0.3, 0.4) is 0 Å². The molecule has 0 bridgehead atoms. The summed E-state index contributed by atoms with van der Waals surface area (Å²) < 4.78 is 5.23. The number of ether oxygens (including phenoxy) is 1. The quantitative estimate of drug-likeness (QED) is 0.789. The third-order valence-corrected chi connectivity index (χ3v) is 5.32. The van der Waals surface area contributed by atoms with E-state index in [9.17, 15) is 9.59 Å². The zero-order chi connectivity index (χ0) is 17.1. The summed E-state index contributed by atoms with van der Waals surface area (Å²) in [7, 11) is 0. The lowest BCUT2D eigenvalue weighted by Gasteiger charge is -2.23. The molecule has 3 rings (SSSR count). The monoisotopic (exact) mass is 381 g/mol. The van der Waals surface area contributed by atoms with E-state index in [1.807, 2.05) is 24.3 Å². The second-order valence-corrected chi connectivity index (χ2v) is 7.28. The van der Waals surface area contributed by atoms with E-state index >= 15 is 0 Å². The molecule has 0 unspecified atom stereocenters. The molecule has 2 aromatic rings. The Morgan fingerprint density at radius 1 is 1.21 bits per heavy atom. The highest BCUT2D eigenvalue weighted by Gasteiger charge is 2.29. The fourth-order valence-corrected chi connectivity index (χ4v) is 3.79. The predicted molar refractivity (Wildman–Crippen MR) is 95.6 cm³/mol. The van der Waals surface area contributed by atoms with Gasteiger partial charge < -0.3 is 10.1 Å². The van der Waals surface area contributed by atoms with Gasteiger partial charge in [0.2, 0.25) is 5.91 Å². The molecule has 0 saturated carbocycles. The van der Waals surface area contributed by atoms with Gasteiger partial charge in [-0.1, -0.05) is 41.4 Å². The van der Waals surface area contributed by atoms with Crippen LogP contribution >= 0.6 is 35.0 Å². The molecule has 0 aromatic heterocycles. The number of rotatable bonds is 4. The molecule has 4 nitrogen and oxygen atoms in total. The Morgan fingerprint density at radius 3 is 2.79 bits per heavy atom. The van der Waals surface area contributed by atoms with Crippen molar-refractivity contribution in [3.8, 4) is 0 Å². The van der Waals surface area contributed by atoms with Crippen LogP contribution in [0.4, 0.5) is 5.69 Å². The van der Waals surface area contributed by atoms with Crippen molar-refractivity contribution >= 4 is 52.5 Å². The van der Waals surface area contributed by atoms with Crippen LogP contribution in [0.2, 0.25) is 10.0 Å². The molecule has 2 aromatic carbocycles. The van der Waals surface area contributed by atoms with Crippen LogP contribution in [-0.4, -0.2) is 17.1 Å². The molecule has 24 heavy (non-hydrogen) atoms. The fraction of sp³-hybridized carbons (Fsp3) is 0.176. The molecule has 0 aliphatic carbocycles. The van der Waals surface area contributed by atoms with Gasteiger partial charge >= 0.3 is 5.97 Å². The van der Waals surface area contributed by atoms with Crippen molar-refractivity contribution in [1.82, 2.24) is 0 Å². The van der Waals surface area contributed by atoms with E-state index in [1.54, 1.807) is 18.2 Å². The molecule has 0 saturated heterocycles. The number of amides is 1. The maximum Gasteiger partial charge on any atom is 0.307 e. The van der Waals surface area contributed by atoms with Gasteiger partial charge in [-0.2, -0.15) is 0 Å². The molecular weight excluding hydrogens is 369 g/mol. The summed E-state index contributed by atoms with van der Waals surface area (Å²) in [5.41, 5.74) is 1.44. The van der Waals surface area contributed by atoms with E-state index in [0.717, 1.165) is 10.6 Å². The van der Waals surface area contributed by atoms with Crippen molar-refractivity contribution in [3.63, 3.8) is 0 Å². The van der Waals surface area contributed by atoms with Crippen molar-refractivity contribution in [2.24, 2.45) is 0 Å². The van der Waals surface area contributed by atoms with Gasteiger partial charge in [-0.25, -0.2) is 0 Å². The second-order valence-electron chi connectivity index (χ2n) is 5.19. The van der Waals surface area contributed by atoms with E-state index in [-0.39, 0.29) is 18.9 Å². The van der Waals surface area contributed by atoms with Gasteiger partial charge in [0.25, 0.3) is 0 Å². The molecule has 1 amide bonds. The van der Waals surface area contributed by atoms with Gasteiger partial charge in [-0.05, 0) is 24.3 Å². The number of hydrogen-bond acceptors (Lipinski definition) is 4. The Balaban J connectivity index is 1.58. The van der Waals surface area contributed by atoms with Gasteiger partial charge in [-0.15, -0.1) is 11.8 Å². The van der Waals surface area contributed by atoms with Crippen molar-refractivity contribution in [3.05, 3.63) is 58.1 Å². The van der Waals surface area contributed by atoms with Gasteiger partial charge in [0, 0.05) is 20.5 Å². The molecule has 7 heteroatoms. The maximum absolute atomic E-state index is 12.1. The lowest BCUT2D eigenvalue weighted by molar-refractivity contribution is -0.145. The smallest absolute Gasteiger partial charge is 0.307 e. The number of thioether (sulfide) groups is 1. The standard InChI is InChI=1S/C17H13Cl2NO3S/c18-11-6-5-10(12(19)7-11)9-23-16(21)8-15-17(22)20-13-3-1-2-4-14(13)24-15/h1-7,15H,8-9H2,(H,20,22)/t15-/m0/s1. The van der Waals surface area contributed by atoms with Crippen LogP contribution in [0.1, 0.15) is 12.0 Å². The summed E-state index contributed by atoms with van der Waals surface area (Å²) in [5.74, 6) is -0.645. The molecule has 1 atom stereocenters. The SMILES string of the molecule is O=C(C[C@@H]1Sc2ccccc2NC1=O)OCc1ccc(Cl)cc1Cl. The number of hydrogen-bond donors (Lipinski definition) is 1. The number of esters is 1. The van der Waals surface area contributed by atoms with E-state index in [4.69, 9.17) is 27.9 Å². The van der Waals surface area contributed by atoms with Crippen molar-refractivity contribution in [2.45, 2.75) is 23.2 Å². The topological polar surface area (TPSA) is 55.4 Å². The fourth-order valence-electron chi connectivity index (χ4n) is 2.23. The zero-order valence-electron chi connectivity index (χ0n) is 12.4. The van der Waals surface area contributed by atoms with E-state index < -0.39 is 11.2 Å². The van der Waals surface area contributed by atoms with Gasteiger partial charge in [0.05, 0.1) is 17.4 Å². The largest absolute Gasteiger partial charge is 0.461 e. The molecule has 0 fully saturated rings. The maximum atomic E-state index is 12.1. The minimum atomic E-state index is -0.506. The summed E-state index contributed by atoms with van der Waals surface area (Å²) in [6.45, 7) is 0.0461. The number of anilines is 1. The molecule has 1 N–H and O–H groups in total. The molecule has 1 aliphatic heterocycles. The summed E-state index contributed by atoms with van der Waals surface area (Å²) in [6, 6.07) is 12.5. The molecular formula is C17H13Cl2NO3S. The van der Waals surface area contributed by atoms with Crippen LogP contribution in [-0.2, 0) is 20.9 Å². The normalized spacial score (nSPS) is 16.2. The Hall–Kier alpha value is -1.69. The lowest BCUT2D eigenvalue weighted by Crippen LogP contribution is -2.31. The Kier molecular flexibility index (Phi) is 5.33. The molecule has 1 heterocycles. The summed E-state index contributed by atoms with van der Waals surface area (Å²) in [6.07, 6.45) is -0.00393. The number of carbonyl (C=O) groups is 2. The molecule has 0 radical (unpaired) electrons. The first-order valence-electron chi connectivity index (χ1n) is 7.19. The number of nitrogens with one attached hydrogen (secondary N) is 1. The minimum absolute atomic E-state index is 0.00393. The highest BCUT2D eigenvalue weighted by atomic mass is 35.5. The average molecular weight is 382 g/mol. The zero-order valence-corrected chi connectivity index (χ0v) is 14.8. The first-order valence-corrected chi connectivity index (χ1v) is 8.82. The molecule has 124 valence electrons. The first-order chi connectivity index (χ1) is 11.5. The van der Waals surface area contributed by atoms with Crippen molar-refractivity contribution in [1.29, 1.82) is 0 Å². The predicted octanol–water partition coefficient (Wildman–Crippen LogP) is 4.54. The number of halogens is 2. The van der Waals surface area contributed by atoms with Gasteiger partial charge in [0.1, 0.15) is 6.61 Å². The number of carbonyl (C=O) groups excluding carboxylic acids is 2. The van der Waals surface area contributed by atoms with Crippen LogP contribution in [0, 0.1) is 0 Å². The lowest BCUT2D eigenvalue weighted by atomic mass is 10.2. The van der Waals surface area contributed by atoms with Gasteiger partial charge in [0.15, 0.2) is 0 Å². The van der Waals surface area contributed by atoms with E-state index in [0.29, 0.717) is 15.6 Å². The third-order valence-electron chi connectivity index (χ3n) is 3.46. The number of para-hydroxylation sites is 1. The van der Waals surface area contributed by atoms with Crippen LogP contribution in [0.25, 0.3) is 0 Å². The molecule has 1 aliphatic rings. The second kappa shape index (κ2) is 7.47. The number of fused-ring (bicyclic) bond motifs is 1. The Labute approximate surface area is 153 Å². The summed E-state index contributed by atoms with van der Waals surface area (Å²) in [5, 5.41) is 3.25. The van der Waals surface area contributed by atoms with Crippen LogP contribution in [0.15, 0.2) is 47.4 Å². The minimum Gasteiger partial charge on any atom is -0.461 e. The van der Waals surface area contributed by atoms with Crippen molar-refractivity contribution in [2.75, 3.05) is 5.32 Å². The van der Waals surface area contributed by atoms with E-state index in [2.05, 4.69) is 5.32 Å². The molecule has 0 spiro atoms. The van der Waals surface area contributed by atoms with Crippen LogP contribution in [0.5, 0.6) is 0 Å².